The minimum atomic E-state index is -0.552. The van der Waals surface area contributed by atoms with Crippen LogP contribution in [0.25, 0.3) is 10.9 Å². The fourth-order valence-corrected chi connectivity index (χ4v) is 2.82. The molecule has 0 atom stereocenters. The van der Waals surface area contributed by atoms with Gasteiger partial charge in [0.15, 0.2) is 0 Å². The van der Waals surface area contributed by atoms with E-state index in [1.807, 2.05) is 0 Å². The van der Waals surface area contributed by atoms with Crippen molar-refractivity contribution in [3.63, 3.8) is 0 Å². The van der Waals surface area contributed by atoms with Crippen LogP contribution in [0.3, 0.4) is 0 Å². The van der Waals surface area contributed by atoms with E-state index in [0.29, 0.717) is 10.0 Å². The molecule has 8 heteroatoms. The van der Waals surface area contributed by atoms with Gasteiger partial charge in [-0.3, -0.25) is 20.4 Å². The average molecular weight is 383 g/mol. The molecule has 0 aliphatic rings. The summed E-state index contributed by atoms with van der Waals surface area (Å²) in [5, 5.41) is 1.96. The summed E-state index contributed by atoms with van der Waals surface area (Å²) < 4.78 is 0. The van der Waals surface area contributed by atoms with Crippen LogP contribution < -0.4 is 10.9 Å². The van der Waals surface area contributed by atoms with Crippen molar-refractivity contribution in [2.75, 3.05) is 0 Å². The lowest BCUT2D eigenvalue weighted by Crippen LogP contribution is -2.41. The van der Waals surface area contributed by atoms with Gasteiger partial charge in [0, 0.05) is 20.9 Å². The van der Waals surface area contributed by atoms with Crippen molar-refractivity contribution in [3.8, 4) is 0 Å². The van der Waals surface area contributed by atoms with E-state index in [0.717, 1.165) is 10.9 Å². The number of carbonyl (C=O) groups excluding carboxylic acids is 2. The van der Waals surface area contributed by atoms with Crippen LogP contribution in [0.15, 0.2) is 42.5 Å². The largest absolute Gasteiger partial charge is 0.350 e. The van der Waals surface area contributed by atoms with E-state index in [9.17, 15) is 9.59 Å². The van der Waals surface area contributed by atoms with Gasteiger partial charge in [-0.1, -0.05) is 34.8 Å². The Morgan fingerprint density at radius 2 is 1.50 bits per heavy atom. The molecule has 3 aromatic rings. The summed E-state index contributed by atoms with van der Waals surface area (Å²) in [5.74, 6) is -1.05. The summed E-state index contributed by atoms with van der Waals surface area (Å²) in [6, 6.07) is 11.3. The van der Waals surface area contributed by atoms with Gasteiger partial charge in [0.1, 0.15) is 5.69 Å². The first kappa shape index (κ1) is 16.6. The maximum Gasteiger partial charge on any atom is 0.286 e. The van der Waals surface area contributed by atoms with Gasteiger partial charge in [-0.25, -0.2) is 0 Å². The summed E-state index contributed by atoms with van der Waals surface area (Å²) in [6.45, 7) is 0. The molecule has 2 amide bonds. The molecule has 1 heterocycles. The zero-order valence-electron chi connectivity index (χ0n) is 12.0. The highest BCUT2D eigenvalue weighted by Crippen LogP contribution is 2.21. The predicted molar refractivity (Wildman–Crippen MR) is 94.7 cm³/mol. The van der Waals surface area contributed by atoms with Crippen LogP contribution in [0.2, 0.25) is 15.1 Å². The van der Waals surface area contributed by atoms with Gasteiger partial charge >= 0.3 is 0 Å². The number of amides is 2. The fourth-order valence-electron chi connectivity index (χ4n) is 2.15. The number of aromatic amines is 1. The number of hydrogen-bond acceptors (Lipinski definition) is 2. The highest BCUT2D eigenvalue weighted by atomic mass is 35.5. The molecule has 0 aliphatic heterocycles. The summed E-state index contributed by atoms with van der Waals surface area (Å²) in [7, 11) is 0. The number of carbonyl (C=O) groups is 2. The minimum Gasteiger partial charge on any atom is -0.350 e. The molecule has 5 nitrogen and oxygen atoms in total. The topological polar surface area (TPSA) is 74.0 Å². The van der Waals surface area contributed by atoms with E-state index in [1.165, 1.54) is 18.2 Å². The second-order valence-corrected chi connectivity index (χ2v) is 6.23. The van der Waals surface area contributed by atoms with Gasteiger partial charge in [0.2, 0.25) is 0 Å². The normalized spacial score (nSPS) is 10.6. The van der Waals surface area contributed by atoms with Crippen molar-refractivity contribution in [2.24, 2.45) is 0 Å². The smallest absolute Gasteiger partial charge is 0.286 e. The van der Waals surface area contributed by atoms with Crippen LogP contribution in [0.4, 0.5) is 0 Å². The Kier molecular flexibility index (Phi) is 4.66. The second kappa shape index (κ2) is 6.73. The molecule has 0 radical (unpaired) electrons. The number of hydrazine groups is 1. The quantitative estimate of drug-likeness (QED) is 0.581. The van der Waals surface area contributed by atoms with Crippen molar-refractivity contribution in [1.82, 2.24) is 15.8 Å². The van der Waals surface area contributed by atoms with Crippen LogP contribution in [-0.4, -0.2) is 16.8 Å². The average Bonchev–Trinajstić information content (AvgIpc) is 2.95. The highest BCUT2D eigenvalue weighted by molar-refractivity contribution is 6.36. The third kappa shape index (κ3) is 3.48. The molecule has 3 rings (SSSR count). The second-order valence-electron chi connectivity index (χ2n) is 4.95. The van der Waals surface area contributed by atoms with Crippen LogP contribution >= 0.6 is 34.8 Å². The van der Waals surface area contributed by atoms with Crippen molar-refractivity contribution in [2.45, 2.75) is 0 Å². The molecule has 122 valence electrons. The maximum atomic E-state index is 12.1. The van der Waals surface area contributed by atoms with E-state index in [4.69, 9.17) is 34.8 Å². The molecular formula is C16H10Cl3N3O2. The molecule has 0 bridgehead atoms. The summed E-state index contributed by atoms with van der Waals surface area (Å²) in [6.07, 6.45) is 0. The van der Waals surface area contributed by atoms with Gasteiger partial charge in [-0.05, 0) is 42.5 Å². The molecule has 3 N–H and O–H groups in total. The summed E-state index contributed by atoms with van der Waals surface area (Å²) in [4.78, 5) is 27.1. The van der Waals surface area contributed by atoms with Crippen molar-refractivity contribution < 1.29 is 9.59 Å². The molecule has 0 fully saturated rings. The Balaban J connectivity index is 1.71. The van der Waals surface area contributed by atoms with Crippen molar-refractivity contribution >= 4 is 57.5 Å². The van der Waals surface area contributed by atoms with Gasteiger partial charge in [-0.2, -0.15) is 0 Å². The number of halogens is 3. The van der Waals surface area contributed by atoms with Gasteiger partial charge in [0.05, 0.1) is 10.6 Å². The van der Waals surface area contributed by atoms with Gasteiger partial charge in [-0.15, -0.1) is 0 Å². The van der Waals surface area contributed by atoms with Crippen molar-refractivity contribution in [3.05, 3.63) is 68.8 Å². The molecule has 0 spiro atoms. The minimum absolute atomic E-state index is 0.189. The molecule has 2 aromatic carbocycles. The number of rotatable bonds is 2. The molecule has 0 aliphatic carbocycles. The Morgan fingerprint density at radius 3 is 2.25 bits per heavy atom. The first-order valence-corrected chi connectivity index (χ1v) is 7.91. The zero-order chi connectivity index (χ0) is 17.3. The Bertz CT molecular complexity index is 953. The van der Waals surface area contributed by atoms with Gasteiger partial charge < -0.3 is 4.98 Å². The zero-order valence-corrected chi connectivity index (χ0v) is 14.3. The maximum absolute atomic E-state index is 12.1. The monoisotopic (exact) mass is 381 g/mol. The molecule has 0 unspecified atom stereocenters. The lowest BCUT2D eigenvalue weighted by atomic mass is 10.2. The standard InChI is InChI=1S/C16H10Cl3N3O2/c17-9-2-4-13-8(5-9)6-14(20-13)16(24)22-21-15(23)11-3-1-10(18)7-12(11)19/h1-7,20H,(H,21,23)(H,22,24). The molecule has 0 saturated heterocycles. The van der Waals surface area contributed by atoms with E-state index >= 15 is 0 Å². The molecule has 0 saturated carbocycles. The Labute approximate surface area is 151 Å². The number of fused-ring (bicyclic) bond motifs is 1. The lowest BCUT2D eigenvalue weighted by molar-refractivity contribution is 0.0844. The van der Waals surface area contributed by atoms with Crippen LogP contribution in [0, 0.1) is 0 Å². The number of aromatic nitrogens is 1. The van der Waals surface area contributed by atoms with E-state index in [1.54, 1.807) is 24.3 Å². The third-order valence-electron chi connectivity index (χ3n) is 3.29. The Morgan fingerprint density at radius 1 is 0.833 bits per heavy atom. The Hall–Kier alpha value is -2.21. The highest BCUT2D eigenvalue weighted by Gasteiger charge is 2.14. The number of hydrogen-bond donors (Lipinski definition) is 3. The van der Waals surface area contributed by atoms with E-state index < -0.39 is 11.8 Å². The molecule has 24 heavy (non-hydrogen) atoms. The predicted octanol–water partition coefficient (Wildman–Crippen LogP) is 4.20. The van der Waals surface area contributed by atoms with Crippen LogP contribution in [0.5, 0.6) is 0 Å². The number of benzene rings is 2. The van der Waals surface area contributed by atoms with E-state index in [-0.39, 0.29) is 16.3 Å². The van der Waals surface area contributed by atoms with Crippen LogP contribution in [-0.2, 0) is 0 Å². The first-order valence-electron chi connectivity index (χ1n) is 6.78. The summed E-state index contributed by atoms with van der Waals surface area (Å²) >= 11 is 17.6. The van der Waals surface area contributed by atoms with E-state index in [2.05, 4.69) is 15.8 Å². The number of H-pyrrole nitrogens is 1. The fraction of sp³-hybridized carbons (Fsp3) is 0. The lowest BCUT2D eigenvalue weighted by Gasteiger charge is -2.07. The van der Waals surface area contributed by atoms with Crippen molar-refractivity contribution in [1.29, 1.82) is 0 Å². The van der Waals surface area contributed by atoms with Crippen LogP contribution in [0.1, 0.15) is 20.8 Å². The first-order chi connectivity index (χ1) is 11.4. The molecule has 1 aromatic heterocycles. The van der Waals surface area contributed by atoms with Gasteiger partial charge in [0.25, 0.3) is 11.8 Å². The summed E-state index contributed by atoms with van der Waals surface area (Å²) in [5.41, 5.74) is 5.87. The molecular weight excluding hydrogens is 373 g/mol. The number of nitrogens with one attached hydrogen (secondary N) is 3. The SMILES string of the molecule is O=C(NNC(=O)c1ccc(Cl)cc1Cl)c1cc2cc(Cl)ccc2[nH]1. The third-order valence-corrected chi connectivity index (χ3v) is 4.08.